The van der Waals surface area contributed by atoms with Crippen molar-refractivity contribution in [3.63, 3.8) is 0 Å². The van der Waals surface area contributed by atoms with E-state index in [1.807, 2.05) is 62.5 Å². The minimum Gasteiger partial charge on any atom is -0.331 e. The van der Waals surface area contributed by atoms with Gasteiger partial charge in [0.25, 0.3) is 11.5 Å². The van der Waals surface area contributed by atoms with Crippen molar-refractivity contribution in [2.75, 3.05) is 0 Å². The fraction of sp³-hybridized carbons (Fsp3) is 0.263. The largest absolute Gasteiger partial charge is 0.331 e. The number of H-pyrrole nitrogens is 1. The van der Waals surface area contributed by atoms with Crippen LogP contribution >= 0.6 is 11.3 Å². The third-order valence-corrected chi connectivity index (χ3v) is 4.89. The number of aromatic amines is 1. The Labute approximate surface area is 144 Å². The maximum absolute atomic E-state index is 12.7. The number of thiophene rings is 1. The lowest BCUT2D eigenvalue weighted by Crippen LogP contribution is -2.37. The molecule has 24 heavy (non-hydrogen) atoms. The molecule has 0 atom stereocenters. The number of nitrogens with zero attached hydrogens (tertiary/aromatic N) is 1. The van der Waals surface area contributed by atoms with Gasteiger partial charge >= 0.3 is 0 Å². The molecule has 1 amide bonds. The van der Waals surface area contributed by atoms with Gasteiger partial charge in [0, 0.05) is 17.1 Å². The summed E-state index contributed by atoms with van der Waals surface area (Å²) in [6, 6.07) is 11.5. The molecule has 2 aromatic heterocycles. The molecule has 4 nitrogen and oxygen atoms in total. The third-order valence-electron chi connectivity index (χ3n) is 4.04. The number of nitrogens with one attached hydrogen (secondary N) is 1. The first kappa shape index (κ1) is 16.5. The maximum Gasteiger partial charge on any atom is 0.264 e. The number of amides is 1. The summed E-state index contributed by atoms with van der Waals surface area (Å²) >= 11 is 1.42. The van der Waals surface area contributed by atoms with E-state index in [2.05, 4.69) is 4.98 Å². The van der Waals surface area contributed by atoms with Crippen molar-refractivity contribution in [3.05, 3.63) is 68.1 Å². The molecule has 0 bridgehead atoms. The van der Waals surface area contributed by atoms with Gasteiger partial charge in [-0.1, -0.05) is 18.2 Å². The highest BCUT2D eigenvalue weighted by molar-refractivity contribution is 7.12. The van der Waals surface area contributed by atoms with Crippen molar-refractivity contribution >= 4 is 28.1 Å². The Morgan fingerprint density at radius 2 is 2.04 bits per heavy atom. The Morgan fingerprint density at radius 1 is 1.25 bits per heavy atom. The fourth-order valence-corrected chi connectivity index (χ4v) is 3.37. The Bertz CT molecular complexity index is 926. The summed E-state index contributed by atoms with van der Waals surface area (Å²) in [4.78, 5) is 30.5. The van der Waals surface area contributed by atoms with Gasteiger partial charge < -0.3 is 9.88 Å². The van der Waals surface area contributed by atoms with Gasteiger partial charge in [-0.15, -0.1) is 11.3 Å². The Balaban J connectivity index is 1.97. The normalized spacial score (nSPS) is 11.2. The first-order valence-electron chi connectivity index (χ1n) is 7.93. The summed E-state index contributed by atoms with van der Waals surface area (Å²) in [6.45, 7) is 6.22. The van der Waals surface area contributed by atoms with E-state index in [0.717, 1.165) is 16.5 Å². The van der Waals surface area contributed by atoms with Crippen LogP contribution in [0, 0.1) is 6.92 Å². The van der Waals surface area contributed by atoms with E-state index in [-0.39, 0.29) is 17.5 Å². The lowest BCUT2D eigenvalue weighted by atomic mass is 10.1. The van der Waals surface area contributed by atoms with E-state index in [4.69, 9.17) is 0 Å². The van der Waals surface area contributed by atoms with E-state index in [0.29, 0.717) is 17.0 Å². The molecular weight excluding hydrogens is 320 g/mol. The van der Waals surface area contributed by atoms with E-state index in [1.165, 1.54) is 11.3 Å². The number of rotatable bonds is 4. The molecule has 0 radical (unpaired) electrons. The summed E-state index contributed by atoms with van der Waals surface area (Å²) < 4.78 is 0. The molecule has 3 rings (SSSR count). The Kier molecular flexibility index (Phi) is 4.53. The number of fused-ring (bicyclic) bond motifs is 1. The van der Waals surface area contributed by atoms with Gasteiger partial charge in [0.2, 0.25) is 0 Å². The average molecular weight is 340 g/mol. The van der Waals surface area contributed by atoms with Gasteiger partial charge in [0.15, 0.2) is 0 Å². The van der Waals surface area contributed by atoms with Crippen molar-refractivity contribution in [3.8, 4) is 0 Å². The van der Waals surface area contributed by atoms with Crippen molar-refractivity contribution in [2.24, 2.45) is 0 Å². The SMILES string of the molecule is Cc1ccc2cc(CN(C(=O)c3cccs3)C(C)C)c(=O)[nH]c2c1. The van der Waals surface area contributed by atoms with E-state index in [9.17, 15) is 9.59 Å². The molecule has 0 aliphatic rings. The molecule has 0 aliphatic carbocycles. The number of hydrogen-bond acceptors (Lipinski definition) is 3. The predicted octanol–water partition coefficient (Wildman–Crippen LogP) is 3.95. The second kappa shape index (κ2) is 6.61. The van der Waals surface area contributed by atoms with Crippen molar-refractivity contribution < 1.29 is 4.79 Å². The number of carbonyl (C=O) groups excluding carboxylic acids is 1. The molecular formula is C19H20N2O2S. The van der Waals surface area contributed by atoms with Crippen LogP contribution in [0.2, 0.25) is 0 Å². The third kappa shape index (κ3) is 3.26. The Hall–Kier alpha value is -2.40. The first-order valence-corrected chi connectivity index (χ1v) is 8.80. The van der Waals surface area contributed by atoms with Crippen LogP contribution in [0.3, 0.4) is 0 Å². The number of aromatic nitrogens is 1. The first-order chi connectivity index (χ1) is 11.5. The van der Waals surface area contributed by atoms with E-state index >= 15 is 0 Å². The molecule has 0 fully saturated rings. The van der Waals surface area contributed by atoms with Crippen LogP contribution in [-0.2, 0) is 6.54 Å². The number of benzene rings is 1. The summed E-state index contributed by atoms with van der Waals surface area (Å²) in [5, 5.41) is 2.86. The van der Waals surface area contributed by atoms with Crippen LogP contribution in [0.4, 0.5) is 0 Å². The summed E-state index contributed by atoms with van der Waals surface area (Å²) in [5.74, 6) is -0.0385. The van der Waals surface area contributed by atoms with Crippen molar-refractivity contribution in [1.29, 1.82) is 0 Å². The number of pyridine rings is 1. The molecule has 0 saturated heterocycles. The summed E-state index contributed by atoms with van der Waals surface area (Å²) in [5.41, 5.74) is 2.38. The molecule has 0 unspecified atom stereocenters. The second-order valence-corrected chi connectivity index (χ2v) is 7.17. The van der Waals surface area contributed by atoms with Gasteiger partial charge in [-0.05, 0) is 55.3 Å². The molecule has 0 saturated carbocycles. The van der Waals surface area contributed by atoms with Crippen LogP contribution in [0.25, 0.3) is 10.9 Å². The molecule has 2 heterocycles. The number of hydrogen-bond donors (Lipinski definition) is 1. The molecule has 0 spiro atoms. The fourth-order valence-electron chi connectivity index (χ4n) is 2.69. The van der Waals surface area contributed by atoms with E-state index in [1.54, 1.807) is 4.90 Å². The van der Waals surface area contributed by atoms with Crippen LogP contribution in [0.1, 0.15) is 34.6 Å². The van der Waals surface area contributed by atoms with Crippen LogP contribution in [0.5, 0.6) is 0 Å². The highest BCUT2D eigenvalue weighted by Gasteiger charge is 2.21. The quantitative estimate of drug-likeness (QED) is 0.782. The zero-order valence-corrected chi connectivity index (χ0v) is 14.8. The smallest absolute Gasteiger partial charge is 0.264 e. The zero-order valence-electron chi connectivity index (χ0n) is 14.0. The predicted molar refractivity (Wildman–Crippen MR) is 98.6 cm³/mol. The molecule has 124 valence electrons. The zero-order chi connectivity index (χ0) is 17.3. The van der Waals surface area contributed by atoms with Crippen LogP contribution in [0.15, 0.2) is 46.6 Å². The van der Waals surface area contributed by atoms with Crippen molar-refractivity contribution in [1.82, 2.24) is 9.88 Å². The minimum absolute atomic E-state index is 0.00714. The topological polar surface area (TPSA) is 53.2 Å². The molecule has 5 heteroatoms. The van der Waals surface area contributed by atoms with Crippen molar-refractivity contribution in [2.45, 2.75) is 33.4 Å². The molecule has 3 aromatic rings. The molecule has 1 aromatic carbocycles. The highest BCUT2D eigenvalue weighted by Crippen LogP contribution is 2.18. The van der Waals surface area contributed by atoms with Gasteiger partial charge in [-0.25, -0.2) is 0 Å². The van der Waals surface area contributed by atoms with Crippen LogP contribution in [-0.4, -0.2) is 21.8 Å². The van der Waals surface area contributed by atoms with Gasteiger partial charge in [0.05, 0.1) is 11.4 Å². The summed E-state index contributed by atoms with van der Waals surface area (Å²) in [7, 11) is 0. The van der Waals surface area contributed by atoms with Gasteiger partial charge in [-0.3, -0.25) is 9.59 Å². The van der Waals surface area contributed by atoms with E-state index < -0.39 is 0 Å². The monoisotopic (exact) mass is 340 g/mol. The van der Waals surface area contributed by atoms with Crippen LogP contribution < -0.4 is 5.56 Å². The number of aryl methyl sites for hydroxylation is 1. The van der Waals surface area contributed by atoms with Gasteiger partial charge in [0.1, 0.15) is 0 Å². The number of carbonyl (C=O) groups is 1. The highest BCUT2D eigenvalue weighted by atomic mass is 32.1. The Morgan fingerprint density at radius 3 is 2.71 bits per heavy atom. The molecule has 0 aliphatic heterocycles. The standard InChI is InChI=1S/C19H20N2O2S/c1-12(2)21(19(23)17-5-4-8-24-17)11-15-10-14-7-6-13(3)9-16(14)20-18(15)22/h4-10,12H,11H2,1-3H3,(H,20,22). The lowest BCUT2D eigenvalue weighted by Gasteiger charge is -2.26. The maximum atomic E-state index is 12.7. The average Bonchev–Trinajstić information content (AvgIpc) is 3.06. The van der Waals surface area contributed by atoms with Gasteiger partial charge in [-0.2, -0.15) is 0 Å². The minimum atomic E-state index is -0.141. The lowest BCUT2D eigenvalue weighted by molar-refractivity contribution is 0.0695. The molecule has 1 N–H and O–H groups in total. The summed E-state index contributed by atoms with van der Waals surface area (Å²) in [6.07, 6.45) is 0. The second-order valence-electron chi connectivity index (χ2n) is 6.22.